The van der Waals surface area contributed by atoms with Crippen LogP contribution in [0.2, 0.25) is 0 Å². The zero-order chi connectivity index (χ0) is 10.9. The zero-order valence-electron chi connectivity index (χ0n) is 8.35. The molecule has 2 N–H and O–H groups in total. The van der Waals surface area contributed by atoms with Crippen LogP contribution in [0.25, 0.3) is 0 Å². The lowest BCUT2D eigenvalue weighted by atomic mass is 10.2. The smallest absolute Gasteiger partial charge is 0.215 e. The molecule has 0 saturated carbocycles. The van der Waals surface area contributed by atoms with Crippen molar-refractivity contribution in [1.82, 2.24) is 9.80 Å². The Morgan fingerprint density at radius 2 is 2.14 bits per heavy atom. The van der Waals surface area contributed by atoms with Gasteiger partial charge in [0.05, 0.1) is 4.05 Å². The second kappa shape index (κ2) is 4.60. The lowest BCUT2D eigenvalue weighted by Crippen LogP contribution is -2.62. The average Bonchev–Trinajstić information content (AvgIpc) is 1.98. The highest BCUT2D eigenvalue weighted by Crippen LogP contribution is 2.27. The summed E-state index contributed by atoms with van der Waals surface area (Å²) < 4.78 is 22.1. The number of likely N-dealkylation sites (tertiary alicyclic amines) is 1. The van der Waals surface area contributed by atoms with Gasteiger partial charge in [-0.25, -0.2) is 13.6 Å². The van der Waals surface area contributed by atoms with E-state index < -0.39 is 10.0 Å². The van der Waals surface area contributed by atoms with Crippen molar-refractivity contribution in [3.63, 3.8) is 0 Å². The van der Waals surface area contributed by atoms with E-state index in [1.807, 2.05) is 14.1 Å². The highest BCUT2D eigenvalue weighted by atomic mass is 127. The Balaban J connectivity index is 2.37. The van der Waals surface area contributed by atoms with Crippen molar-refractivity contribution < 1.29 is 8.42 Å². The Labute approximate surface area is 98.8 Å². The SMILES string of the molecule is CN(C)CCN1CC(S(N)(=O)=O)C1I. The molecule has 0 spiro atoms. The minimum absolute atomic E-state index is 0.0301. The van der Waals surface area contributed by atoms with E-state index in [9.17, 15) is 8.42 Å². The average molecular weight is 333 g/mol. The highest BCUT2D eigenvalue weighted by molar-refractivity contribution is 14.1. The molecule has 0 aliphatic carbocycles. The number of nitrogens with zero attached hydrogens (tertiary/aromatic N) is 2. The summed E-state index contributed by atoms with van der Waals surface area (Å²) in [4.78, 5) is 4.20. The minimum atomic E-state index is -3.35. The summed E-state index contributed by atoms with van der Waals surface area (Å²) in [6, 6.07) is 0. The minimum Gasteiger partial charge on any atom is -0.308 e. The van der Waals surface area contributed by atoms with Crippen molar-refractivity contribution in [2.75, 3.05) is 33.7 Å². The van der Waals surface area contributed by atoms with E-state index >= 15 is 0 Å². The second-order valence-corrected chi connectivity index (χ2v) is 6.86. The second-order valence-electron chi connectivity index (χ2n) is 3.80. The van der Waals surface area contributed by atoms with Gasteiger partial charge in [-0.05, 0) is 14.1 Å². The lowest BCUT2D eigenvalue weighted by molar-refractivity contribution is 0.155. The molecule has 5 nitrogen and oxygen atoms in total. The summed E-state index contributed by atoms with van der Waals surface area (Å²) in [5.41, 5.74) is 0. The number of halogens is 1. The summed E-state index contributed by atoms with van der Waals surface area (Å²) in [5.74, 6) is 0. The summed E-state index contributed by atoms with van der Waals surface area (Å²) in [7, 11) is 0.649. The number of likely N-dealkylation sites (N-methyl/N-ethyl adjacent to an activating group) is 1. The van der Waals surface area contributed by atoms with E-state index in [0.717, 1.165) is 13.1 Å². The Morgan fingerprint density at radius 3 is 2.50 bits per heavy atom. The first kappa shape index (κ1) is 12.6. The number of hydrogen-bond acceptors (Lipinski definition) is 4. The van der Waals surface area contributed by atoms with Crippen LogP contribution in [0.1, 0.15) is 0 Å². The summed E-state index contributed by atoms with van der Waals surface area (Å²) in [6.07, 6.45) is 0. The van der Waals surface area contributed by atoms with Gasteiger partial charge >= 0.3 is 0 Å². The third-order valence-corrected chi connectivity index (χ3v) is 5.72. The number of sulfonamides is 1. The number of rotatable bonds is 4. The molecule has 2 atom stereocenters. The molecule has 2 unspecified atom stereocenters. The van der Waals surface area contributed by atoms with Gasteiger partial charge in [-0.1, -0.05) is 22.6 Å². The quantitative estimate of drug-likeness (QED) is 0.419. The first-order valence-electron chi connectivity index (χ1n) is 4.37. The first-order valence-corrected chi connectivity index (χ1v) is 7.22. The standard InChI is InChI=1S/C7H16IN3O2S/c1-10(2)3-4-11-5-6(7(11)8)14(9,12)13/h6-7H,3-5H2,1-2H3,(H2,9,12,13). The fourth-order valence-electron chi connectivity index (χ4n) is 1.32. The molecule has 0 aromatic heterocycles. The summed E-state index contributed by atoms with van der Waals surface area (Å²) in [6.45, 7) is 2.41. The number of alkyl halides is 1. The van der Waals surface area contributed by atoms with E-state index in [1.54, 1.807) is 0 Å². The topological polar surface area (TPSA) is 66.6 Å². The molecule has 1 aliphatic heterocycles. The fraction of sp³-hybridized carbons (Fsp3) is 1.00. The van der Waals surface area contributed by atoms with Crippen molar-refractivity contribution >= 4 is 32.6 Å². The Kier molecular flexibility index (Phi) is 4.15. The predicted molar refractivity (Wildman–Crippen MR) is 64.8 cm³/mol. The van der Waals surface area contributed by atoms with E-state index in [4.69, 9.17) is 5.14 Å². The largest absolute Gasteiger partial charge is 0.308 e. The van der Waals surface area contributed by atoms with E-state index in [2.05, 4.69) is 32.4 Å². The molecule has 0 bridgehead atoms. The van der Waals surface area contributed by atoms with Crippen molar-refractivity contribution in [3.05, 3.63) is 0 Å². The summed E-state index contributed by atoms with van der Waals surface area (Å²) >= 11 is 2.14. The van der Waals surface area contributed by atoms with Gasteiger partial charge in [0.2, 0.25) is 10.0 Å². The van der Waals surface area contributed by atoms with Crippen molar-refractivity contribution in [3.8, 4) is 0 Å². The van der Waals surface area contributed by atoms with Crippen LogP contribution in [-0.2, 0) is 10.0 Å². The first-order chi connectivity index (χ1) is 6.32. The maximum absolute atomic E-state index is 11.0. The highest BCUT2D eigenvalue weighted by Gasteiger charge is 2.43. The maximum Gasteiger partial charge on any atom is 0.215 e. The van der Waals surface area contributed by atoms with Gasteiger partial charge in [-0.2, -0.15) is 0 Å². The molecule has 1 fully saturated rings. The van der Waals surface area contributed by atoms with Crippen LogP contribution in [0.5, 0.6) is 0 Å². The molecule has 1 heterocycles. The van der Waals surface area contributed by atoms with Crippen molar-refractivity contribution in [1.29, 1.82) is 0 Å². The number of primary sulfonamides is 1. The molecule has 0 aromatic carbocycles. The van der Waals surface area contributed by atoms with Crippen LogP contribution in [-0.4, -0.2) is 61.2 Å². The molecular formula is C7H16IN3O2S. The lowest BCUT2D eigenvalue weighted by Gasteiger charge is -2.43. The predicted octanol–water partition coefficient (Wildman–Crippen LogP) is -0.718. The summed E-state index contributed by atoms with van der Waals surface area (Å²) in [5, 5.41) is 4.70. The van der Waals surface area contributed by atoms with Gasteiger partial charge in [0.1, 0.15) is 5.25 Å². The van der Waals surface area contributed by atoms with E-state index in [-0.39, 0.29) is 9.30 Å². The molecule has 1 rings (SSSR count). The molecule has 1 saturated heterocycles. The molecule has 1 aliphatic rings. The van der Waals surface area contributed by atoms with Gasteiger partial charge in [0, 0.05) is 19.6 Å². The van der Waals surface area contributed by atoms with Crippen LogP contribution in [0.4, 0.5) is 0 Å². The third kappa shape index (κ3) is 3.02. The van der Waals surface area contributed by atoms with E-state index in [1.165, 1.54) is 0 Å². The maximum atomic E-state index is 11.0. The Bertz CT molecular complexity index is 293. The van der Waals surface area contributed by atoms with Crippen molar-refractivity contribution in [2.45, 2.75) is 9.30 Å². The van der Waals surface area contributed by atoms with Crippen molar-refractivity contribution in [2.24, 2.45) is 5.14 Å². The molecule has 0 aromatic rings. The number of nitrogens with two attached hydrogens (primary N) is 1. The van der Waals surface area contributed by atoms with Crippen LogP contribution in [0, 0.1) is 0 Å². The molecule has 0 radical (unpaired) electrons. The van der Waals surface area contributed by atoms with Crippen LogP contribution >= 0.6 is 22.6 Å². The fourth-order valence-corrected chi connectivity index (χ4v) is 4.16. The molecular weight excluding hydrogens is 317 g/mol. The molecule has 14 heavy (non-hydrogen) atoms. The Hall–Kier alpha value is 0.560. The number of hydrogen-bond donors (Lipinski definition) is 1. The monoisotopic (exact) mass is 333 g/mol. The third-order valence-electron chi connectivity index (χ3n) is 2.33. The Morgan fingerprint density at radius 1 is 1.57 bits per heavy atom. The van der Waals surface area contributed by atoms with E-state index in [0.29, 0.717) is 6.54 Å². The molecule has 7 heteroatoms. The van der Waals surface area contributed by atoms with Crippen LogP contribution in [0.15, 0.2) is 0 Å². The zero-order valence-corrected chi connectivity index (χ0v) is 11.3. The van der Waals surface area contributed by atoms with Crippen LogP contribution < -0.4 is 5.14 Å². The molecule has 0 amide bonds. The van der Waals surface area contributed by atoms with Gasteiger partial charge in [0.25, 0.3) is 0 Å². The normalized spacial score (nSPS) is 29.2. The van der Waals surface area contributed by atoms with Gasteiger partial charge in [-0.15, -0.1) is 0 Å². The van der Waals surface area contributed by atoms with Gasteiger partial charge in [0.15, 0.2) is 0 Å². The van der Waals surface area contributed by atoms with Crippen LogP contribution in [0.3, 0.4) is 0 Å². The van der Waals surface area contributed by atoms with Gasteiger partial charge in [-0.3, -0.25) is 4.90 Å². The molecule has 84 valence electrons. The van der Waals surface area contributed by atoms with Gasteiger partial charge < -0.3 is 4.90 Å².